The maximum Gasteiger partial charge on any atom is 0.255 e. The summed E-state index contributed by atoms with van der Waals surface area (Å²) in [6.45, 7) is -0.0814. The minimum absolute atomic E-state index is 0.0814. The first-order valence-corrected chi connectivity index (χ1v) is 9.54. The van der Waals surface area contributed by atoms with Crippen LogP contribution >= 0.6 is 11.6 Å². The van der Waals surface area contributed by atoms with E-state index in [2.05, 4.69) is 5.32 Å². The van der Waals surface area contributed by atoms with E-state index in [-0.39, 0.29) is 18.4 Å². The van der Waals surface area contributed by atoms with Gasteiger partial charge in [-0.2, -0.15) is 0 Å². The van der Waals surface area contributed by atoms with Crippen molar-refractivity contribution in [2.24, 2.45) is 0 Å². The van der Waals surface area contributed by atoms with Gasteiger partial charge >= 0.3 is 0 Å². The zero-order valence-electron chi connectivity index (χ0n) is 15.8. The van der Waals surface area contributed by atoms with E-state index in [4.69, 9.17) is 16.3 Å². The van der Waals surface area contributed by atoms with Crippen LogP contribution in [-0.2, 0) is 4.79 Å². The Balaban J connectivity index is 1.87. The average Bonchev–Trinajstić information content (AvgIpc) is 2.89. The van der Waals surface area contributed by atoms with E-state index in [1.54, 1.807) is 54.5 Å². The van der Waals surface area contributed by atoms with Crippen molar-refractivity contribution in [1.29, 1.82) is 0 Å². The van der Waals surface area contributed by atoms with Crippen LogP contribution in [0, 0.1) is 0 Å². The molecule has 6 heteroatoms. The molecule has 0 fully saturated rings. The third-order valence-corrected chi connectivity index (χ3v) is 5.14. The normalized spacial score (nSPS) is 15.9. The molecular formula is C23H19ClN2O3. The van der Waals surface area contributed by atoms with Crippen molar-refractivity contribution in [3.05, 3.63) is 94.5 Å². The molecule has 0 saturated heterocycles. The van der Waals surface area contributed by atoms with Crippen LogP contribution in [-0.4, -0.2) is 30.4 Å². The molecule has 0 aliphatic carbocycles. The highest BCUT2D eigenvalue weighted by atomic mass is 35.5. The fraction of sp³-hybridized carbons (Fsp3) is 0.130. The fourth-order valence-electron chi connectivity index (χ4n) is 3.58. The molecule has 146 valence electrons. The van der Waals surface area contributed by atoms with E-state index in [1.807, 2.05) is 30.3 Å². The number of carbonyl (C=O) groups is 2. The van der Waals surface area contributed by atoms with Gasteiger partial charge in [0.05, 0.1) is 13.2 Å². The lowest BCUT2D eigenvalue weighted by atomic mass is 9.95. The standard InChI is InChI=1S/C23H19ClN2O3/c1-29-18-9-5-8-16(12-18)23(28)26-14-21(27)25-20-11-10-17(24)13-19(20)22(26)15-6-3-2-4-7-15/h2-13,22H,14H2,1H3,(H,25,27)/t22-/m1/s1. The van der Waals surface area contributed by atoms with Crippen molar-refractivity contribution in [2.75, 3.05) is 19.0 Å². The number of nitrogens with one attached hydrogen (secondary N) is 1. The molecule has 0 bridgehead atoms. The van der Waals surface area contributed by atoms with Gasteiger partial charge in [0.25, 0.3) is 5.91 Å². The van der Waals surface area contributed by atoms with Crippen LogP contribution in [0.5, 0.6) is 5.75 Å². The number of nitrogens with zero attached hydrogens (tertiary/aromatic N) is 1. The number of hydrogen-bond acceptors (Lipinski definition) is 3. The van der Waals surface area contributed by atoms with Crippen LogP contribution in [0.25, 0.3) is 0 Å². The zero-order chi connectivity index (χ0) is 20.4. The van der Waals surface area contributed by atoms with Gasteiger partial charge in [-0.25, -0.2) is 0 Å². The van der Waals surface area contributed by atoms with Gasteiger partial charge in [0, 0.05) is 21.8 Å². The molecule has 1 aliphatic rings. The zero-order valence-corrected chi connectivity index (χ0v) is 16.5. The number of hydrogen-bond donors (Lipinski definition) is 1. The van der Waals surface area contributed by atoms with Gasteiger partial charge in [0.15, 0.2) is 0 Å². The Bertz CT molecular complexity index is 1070. The lowest BCUT2D eigenvalue weighted by Crippen LogP contribution is -2.39. The molecule has 0 saturated carbocycles. The summed E-state index contributed by atoms with van der Waals surface area (Å²) in [5, 5.41) is 3.43. The van der Waals surface area contributed by atoms with E-state index in [9.17, 15) is 9.59 Å². The van der Waals surface area contributed by atoms with Crippen LogP contribution in [0.3, 0.4) is 0 Å². The number of ether oxygens (including phenoxy) is 1. The number of benzene rings is 3. The first-order valence-electron chi connectivity index (χ1n) is 9.16. The molecule has 1 atom stereocenters. The number of amides is 2. The maximum atomic E-state index is 13.5. The molecule has 3 aromatic rings. The van der Waals surface area contributed by atoms with E-state index in [0.717, 1.165) is 11.1 Å². The van der Waals surface area contributed by atoms with Crippen molar-refractivity contribution < 1.29 is 14.3 Å². The van der Waals surface area contributed by atoms with Gasteiger partial charge < -0.3 is 15.0 Å². The van der Waals surface area contributed by atoms with Crippen molar-refractivity contribution in [3.8, 4) is 5.75 Å². The highest BCUT2D eigenvalue weighted by Crippen LogP contribution is 2.38. The van der Waals surface area contributed by atoms with Crippen molar-refractivity contribution in [3.63, 3.8) is 0 Å². The summed E-state index contributed by atoms with van der Waals surface area (Å²) in [5.41, 5.74) is 2.76. The second-order valence-electron chi connectivity index (χ2n) is 6.76. The SMILES string of the molecule is COc1cccc(C(=O)N2CC(=O)Nc3ccc(Cl)cc3[C@H]2c2ccccc2)c1. The Hall–Kier alpha value is -3.31. The smallest absolute Gasteiger partial charge is 0.255 e. The number of anilines is 1. The molecule has 0 radical (unpaired) electrons. The van der Waals surface area contributed by atoms with Crippen LogP contribution in [0.1, 0.15) is 27.5 Å². The summed E-state index contributed by atoms with van der Waals surface area (Å²) in [6.07, 6.45) is 0. The van der Waals surface area contributed by atoms with E-state index in [1.165, 1.54) is 0 Å². The second kappa shape index (κ2) is 7.97. The summed E-state index contributed by atoms with van der Waals surface area (Å²) in [5.74, 6) is 0.0545. The second-order valence-corrected chi connectivity index (χ2v) is 7.19. The molecule has 1 N–H and O–H groups in total. The topological polar surface area (TPSA) is 58.6 Å². The Labute approximate surface area is 173 Å². The molecule has 4 rings (SSSR count). The van der Waals surface area contributed by atoms with Crippen molar-refractivity contribution in [1.82, 2.24) is 4.90 Å². The summed E-state index contributed by atoms with van der Waals surface area (Å²) in [4.78, 5) is 27.7. The Kier molecular flexibility index (Phi) is 5.23. The lowest BCUT2D eigenvalue weighted by molar-refractivity contribution is -0.117. The lowest BCUT2D eigenvalue weighted by Gasteiger charge is -2.30. The first-order chi connectivity index (χ1) is 14.1. The number of carbonyl (C=O) groups excluding carboxylic acids is 2. The molecule has 2 amide bonds. The molecule has 1 aliphatic heterocycles. The van der Waals surface area contributed by atoms with Crippen molar-refractivity contribution >= 4 is 29.1 Å². The van der Waals surface area contributed by atoms with E-state index >= 15 is 0 Å². The quantitative estimate of drug-likeness (QED) is 0.695. The molecule has 3 aromatic carbocycles. The number of rotatable bonds is 3. The van der Waals surface area contributed by atoms with E-state index in [0.29, 0.717) is 22.0 Å². The average molecular weight is 407 g/mol. The maximum absolute atomic E-state index is 13.5. The third-order valence-electron chi connectivity index (χ3n) is 4.90. The first kappa shape index (κ1) is 19.0. The molecule has 0 aromatic heterocycles. The predicted molar refractivity (Wildman–Crippen MR) is 112 cm³/mol. The number of halogens is 1. The van der Waals surface area contributed by atoms with Crippen LogP contribution in [0.15, 0.2) is 72.8 Å². The minimum Gasteiger partial charge on any atom is -0.497 e. The number of fused-ring (bicyclic) bond motifs is 1. The monoisotopic (exact) mass is 406 g/mol. The van der Waals surface area contributed by atoms with Crippen LogP contribution in [0.2, 0.25) is 5.02 Å². The molecule has 29 heavy (non-hydrogen) atoms. The van der Waals surface area contributed by atoms with E-state index < -0.39 is 6.04 Å². The van der Waals surface area contributed by atoms with Crippen LogP contribution in [0.4, 0.5) is 5.69 Å². The van der Waals surface area contributed by atoms with Gasteiger partial charge in [-0.05, 0) is 42.0 Å². The predicted octanol–water partition coefficient (Wildman–Crippen LogP) is 4.53. The number of methoxy groups -OCH3 is 1. The Morgan fingerprint density at radius 2 is 1.86 bits per heavy atom. The Morgan fingerprint density at radius 1 is 1.07 bits per heavy atom. The highest BCUT2D eigenvalue weighted by molar-refractivity contribution is 6.30. The van der Waals surface area contributed by atoms with Gasteiger partial charge in [-0.15, -0.1) is 0 Å². The Morgan fingerprint density at radius 3 is 2.62 bits per heavy atom. The molecule has 0 spiro atoms. The molecule has 0 unspecified atom stereocenters. The van der Waals surface area contributed by atoms with Gasteiger partial charge in [0.2, 0.25) is 5.91 Å². The molecule has 5 nitrogen and oxygen atoms in total. The minimum atomic E-state index is -0.470. The van der Waals surface area contributed by atoms with Gasteiger partial charge in [0.1, 0.15) is 12.3 Å². The van der Waals surface area contributed by atoms with Crippen molar-refractivity contribution in [2.45, 2.75) is 6.04 Å². The molecular weight excluding hydrogens is 388 g/mol. The summed E-state index contributed by atoms with van der Waals surface area (Å²) in [6, 6.07) is 21.4. The highest BCUT2D eigenvalue weighted by Gasteiger charge is 2.34. The fourth-order valence-corrected chi connectivity index (χ4v) is 3.76. The van der Waals surface area contributed by atoms with Gasteiger partial charge in [-0.3, -0.25) is 9.59 Å². The summed E-state index contributed by atoms with van der Waals surface area (Å²) in [7, 11) is 1.55. The van der Waals surface area contributed by atoms with Crippen LogP contribution < -0.4 is 10.1 Å². The third kappa shape index (κ3) is 3.82. The largest absolute Gasteiger partial charge is 0.497 e. The summed E-state index contributed by atoms with van der Waals surface area (Å²) < 4.78 is 5.25. The molecule has 1 heterocycles. The summed E-state index contributed by atoms with van der Waals surface area (Å²) >= 11 is 6.27. The van der Waals surface area contributed by atoms with Gasteiger partial charge in [-0.1, -0.05) is 48.0 Å².